The molecule has 1 aromatic heterocycles. The molecule has 0 unspecified atom stereocenters. The Morgan fingerprint density at radius 1 is 1.52 bits per heavy atom. The number of halogens is 1. The van der Waals surface area contributed by atoms with Gasteiger partial charge in [-0.1, -0.05) is 12.2 Å². The van der Waals surface area contributed by atoms with Crippen LogP contribution in [0.1, 0.15) is 11.3 Å². The molecule has 0 saturated carbocycles. The van der Waals surface area contributed by atoms with Crippen LogP contribution in [0.25, 0.3) is 11.0 Å². The van der Waals surface area contributed by atoms with Crippen LogP contribution in [0.3, 0.4) is 0 Å². The molecule has 0 spiro atoms. The molecule has 0 radical (unpaired) electrons. The van der Waals surface area contributed by atoms with Crippen LogP contribution in [0, 0.1) is 11.4 Å². The van der Waals surface area contributed by atoms with Gasteiger partial charge < -0.3 is 19.6 Å². The van der Waals surface area contributed by atoms with Crippen LogP contribution < -0.4 is 15.5 Å². The molecule has 0 fully saturated rings. The largest absolute Gasteiger partial charge is 0.506 e. The molecule has 0 saturated heterocycles. The van der Waals surface area contributed by atoms with Gasteiger partial charge in [0.05, 0.1) is 28.8 Å². The molecule has 3 N–H and O–H groups in total. The Morgan fingerprint density at radius 2 is 2.22 bits per heavy atom. The number of aryl methyl sites for hydroxylation is 1. The second kappa shape index (κ2) is 7.24. The number of benzene rings is 1. The van der Waals surface area contributed by atoms with E-state index in [4.69, 9.17) is 33.6 Å². The van der Waals surface area contributed by atoms with Gasteiger partial charge in [-0.05, 0) is 41.1 Å². The Balaban J connectivity index is 2.73. The maximum atomic E-state index is 10.4. The molecule has 0 amide bonds. The fourth-order valence-electron chi connectivity index (χ4n) is 1.99. The van der Waals surface area contributed by atoms with E-state index in [2.05, 4.69) is 31.8 Å². The minimum absolute atomic E-state index is 0.0703. The van der Waals surface area contributed by atoms with Gasteiger partial charge in [-0.25, -0.2) is 0 Å². The van der Waals surface area contributed by atoms with E-state index in [1.807, 2.05) is 0 Å². The van der Waals surface area contributed by atoms with Crippen LogP contribution in [0.5, 0.6) is 11.5 Å². The number of hydrazone groups is 1. The quantitative estimate of drug-likeness (QED) is 0.402. The van der Waals surface area contributed by atoms with Crippen molar-refractivity contribution in [2.45, 2.75) is 6.92 Å². The topological polar surface area (TPSA) is 79.0 Å². The number of nitrogens with zero attached hydrogens (tertiary/aromatic N) is 1. The molecule has 1 heterocycles. The van der Waals surface area contributed by atoms with E-state index in [1.54, 1.807) is 20.0 Å². The Morgan fingerprint density at radius 3 is 2.83 bits per heavy atom. The zero-order chi connectivity index (χ0) is 17.1. The number of thiocarbonyl (C=S) groups is 1. The van der Waals surface area contributed by atoms with Gasteiger partial charge in [-0.2, -0.15) is 5.10 Å². The molecule has 0 aliphatic heterocycles. The average molecular weight is 416 g/mol. The molecule has 0 aliphatic rings. The monoisotopic (exact) mass is 415 g/mol. The number of methoxy groups -OCH3 is 1. The third-order valence-corrected chi connectivity index (χ3v) is 4.35. The van der Waals surface area contributed by atoms with Crippen molar-refractivity contribution in [3.05, 3.63) is 26.4 Å². The van der Waals surface area contributed by atoms with Gasteiger partial charge >= 0.3 is 0 Å². The smallest absolute Gasteiger partial charge is 0.186 e. The minimum Gasteiger partial charge on any atom is -0.506 e. The number of phenolic OH excluding ortho intramolecular Hbond substituents is 1. The first-order chi connectivity index (χ1) is 10.9. The van der Waals surface area contributed by atoms with Gasteiger partial charge in [0, 0.05) is 7.05 Å². The highest BCUT2D eigenvalue weighted by Gasteiger charge is 2.20. The lowest BCUT2D eigenvalue weighted by atomic mass is 10.1. The summed E-state index contributed by atoms with van der Waals surface area (Å²) >= 11 is 13.7. The van der Waals surface area contributed by atoms with Crippen LogP contribution >= 0.6 is 40.4 Å². The summed E-state index contributed by atoms with van der Waals surface area (Å²) in [4.78, 5) is 0. The number of aromatic hydroxyl groups is 1. The number of rotatable bonds is 3. The van der Waals surface area contributed by atoms with E-state index >= 15 is 0 Å². The molecule has 0 bridgehead atoms. The van der Waals surface area contributed by atoms with Crippen LogP contribution in [0.2, 0.25) is 0 Å². The van der Waals surface area contributed by atoms with Crippen molar-refractivity contribution in [3.8, 4) is 11.5 Å². The Bertz CT molecular complexity index is 865. The maximum Gasteiger partial charge on any atom is 0.186 e. The summed E-state index contributed by atoms with van der Waals surface area (Å²) in [7, 11) is 3.16. The second-order valence-corrected chi connectivity index (χ2v) is 6.13. The lowest BCUT2D eigenvalue weighted by molar-refractivity contribution is 0.409. The Hall–Kier alpha value is -1.71. The van der Waals surface area contributed by atoms with Crippen molar-refractivity contribution >= 4 is 62.7 Å². The molecule has 2 aromatic rings. The molecule has 2 rings (SSSR count). The van der Waals surface area contributed by atoms with E-state index in [1.165, 1.54) is 13.3 Å². The van der Waals surface area contributed by atoms with E-state index < -0.39 is 0 Å². The van der Waals surface area contributed by atoms with Crippen molar-refractivity contribution in [3.63, 3.8) is 0 Å². The van der Waals surface area contributed by atoms with Crippen molar-refractivity contribution in [1.29, 1.82) is 0 Å². The molecule has 9 heteroatoms. The minimum atomic E-state index is -0.0703. The highest BCUT2D eigenvalue weighted by Crippen LogP contribution is 2.43. The van der Waals surface area contributed by atoms with Gasteiger partial charge in [0.15, 0.2) is 10.7 Å². The summed E-state index contributed by atoms with van der Waals surface area (Å²) < 4.78 is 12.0. The summed E-state index contributed by atoms with van der Waals surface area (Å²) in [5.41, 5.74) is 3.38. The van der Waals surface area contributed by atoms with Crippen molar-refractivity contribution in [1.82, 2.24) is 10.7 Å². The summed E-state index contributed by atoms with van der Waals surface area (Å²) in [5.74, 6) is 0.932. The van der Waals surface area contributed by atoms with Crippen LogP contribution in [0.4, 0.5) is 0 Å². The zero-order valence-corrected chi connectivity index (χ0v) is 15.8. The molecule has 0 atom stereocenters. The number of phenols is 1. The van der Waals surface area contributed by atoms with Gasteiger partial charge in [-0.15, -0.1) is 0 Å². The number of hydrogen-bond donors (Lipinski definition) is 3. The molecule has 23 heavy (non-hydrogen) atoms. The van der Waals surface area contributed by atoms with E-state index in [-0.39, 0.29) is 5.75 Å². The normalized spacial score (nSPS) is 11.0. The van der Waals surface area contributed by atoms with Crippen LogP contribution in [0.15, 0.2) is 20.1 Å². The summed E-state index contributed by atoms with van der Waals surface area (Å²) in [5, 5.41) is 18.0. The highest BCUT2D eigenvalue weighted by atomic mass is 79.9. The maximum absolute atomic E-state index is 10.4. The predicted molar refractivity (Wildman–Crippen MR) is 100 cm³/mol. The average Bonchev–Trinajstić information content (AvgIpc) is 2.52. The lowest BCUT2D eigenvalue weighted by Crippen LogP contribution is -2.28. The van der Waals surface area contributed by atoms with Gasteiger partial charge in [-0.3, -0.25) is 5.43 Å². The standard InChI is InChI=1S/C14H14BrN3O3S2/c1-6-4-8(22)9-12(20-3)7(5-17-18-14(23)16-2)11(19)10(15)13(9)21-6/h4-5,19H,1-3H3,(H2,16,18,23)/b17-5+. The van der Waals surface area contributed by atoms with E-state index in [9.17, 15) is 5.11 Å². The summed E-state index contributed by atoms with van der Waals surface area (Å²) in [6.07, 6.45) is 1.40. The van der Waals surface area contributed by atoms with Crippen molar-refractivity contribution in [2.24, 2.45) is 5.10 Å². The van der Waals surface area contributed by atoms with E-state index in [0.29, 0.717) is 42.1 Å². The molecular weight excluding hydrogens is 402 g/mol. The summed E-state index contributed by atoms with van der Waals surface area (Å²) in [6, 6.07) is 1.72. The van der Waals surface area contributed by atoms with Gasteiger partial charge in [0.2, 0.25) is 0 Å². The van der Waals surface area contributed by atoms with Crippen LogP contribution in [-0.4, -0.2) is 30.6 Å². The van der Waals surface area contributed by atoms with Crippen molar-refractivity contribution < 1.29 is 14.3 Å². The lowest BCUT2D eigenvalue weighted by Gasteiger charge is -2.13. The first kappa shape index (κ1) is 17.6. The number of fused-ring (bicyclic) bond motifs is 1. The highest BCUT2D eigenvalue weighted by molar-refractivity contribution is 9.10. The second-order valence-electron chi connectivity index (χ2n) is 4.48. The molecule has 122 valence electrons. The Kier molecular flexibility index (Phi) is 5.55. The van der Waals surface area contributed by atoms with Crippen LogP contribution in [-0.2, 0) is 0 Å². The third kappa shape index (κ3) is 3.46. The molecule has 6 nitrogen and oxygen atoms in total. The number of ether oxygens (including phenoxy) is 1. The molecule has 1 aromatic carbocycles. The first-order valence-corrected chi connectivity index (χ1v) is 8.05. The molecule has 0 aliphatic carbocycles. The predicted octanol–water partition coefficient (Wildman–Crippen LogP) is 3.38. The number of hydrogen-bond acceptors (Lipinski definition) is 6. The van der Waals surface area contributed by atoms with Crippen molar-refractivity contribution in [2.75, 3.05) is 14.2 Å². The molecular formula is C14H14BrN3O3S2. The summed E-state index contributed by atoms with van der Waals surface area (Å²) in [6.45, 7) is 1.78. The Labute approximate surface area is 151 Å². The third-order valence-electron chi connectivity index (χ3n) is 3.00. The van der Waals surface area contributed by atoms with Gasteiger partial charge in [0.25, 0.3) is 0 Å². The number of nitrogens with one attached hydrogen (secondary N) is 2. The zero-order valence-electron chi connectivity index (χ0n) is 12.6. The fourth-order valence-corrected chi connectivity index (χ4v) is 2.89. The fraction of sp³-hybridized carbons (Fsp3) is 0.214. The van der Waals surface area contributed by atoms with Gasteiger partial charge in [0.1, 0.15) is 21.7 Å². The SMILES string of the molecule is CNC(=S)N/N=C/c1c(O)c(Br)c2oc(C)cc(=S)c2c1OC. The van der Waals surface area contributed by atoms with E-state index in [0.717, 1.165) is 0 Å². The first-order valence-electron chi connectivity index (χ1n) is 6.44.